The monoisotopic (exact) mass is 300 g/mol. The highest BCUT2D eigenvalue weighted by molar-refractivity contribution is 6.01. The number of carbonyl (C=O) groups excluding carboxylic acids is 1. The maximum absolute atomic E-state index is 11.6. The second-order valence-electron chi connectivity index (χ2n) is 4.73. The maximum Gasteiger partial charge on any atom is 0.271 e. The number of likely N-dealkylation sites (N-methyl/N-ethyl adjacent to an activating group) is 1. The van der Waals surface area contributed by atoms with Crippen molar-refractivity contribution in [2.45, 2.75) is 0 Å². The van der Waals surface area contributed by atoms with Gasteiger partial charge in [-0.25, -0.2) is 0 Å². The number of halogens is 1. The van der Waals surface area contributed by atoms with E-state index in [4.69, 9.17) is 0 Å². The Balaban J connectivity index is 0.00000200. The number of non-ortho nitro benzene ring substituents is 1. The first-order valence-corrected chi connectivity index (χ1v) is 5.95. The van der Waals surface area contributed by atoms with Crippen molar-refractivity contribution in [3.05, 3.63) is 28.3 Å². The number of nitro benzene ring substituents is 1. The van der Waals surface area contributed by atoms with Crippen molar-refractivity contribution in [3.8, 4) is 0 Å². The Morgan fingerprint density at radius 2 is 2.15 bits per heavy atom. The molecule has 1 aromatic carbocycles. The molecule has 0 atom stereocenters. The van der Waals surface area contributed by atoms with E-state index in [-0.39, 0.29) is 30.5 Å². The van der Waals surface area contributed by atoms with Gasteiger partial charge in [0.1, 0.15) is 0 Å². The molecular weight excluding hydrogens is 284 g/mol. The summed E-state index contributed by atoms with van der Waals surface area (Å²) in [4.78, 5) is 25.8. The van der Waals surface area contributed by atoms with Gasteiger partial charge >= 0.3 is 0 Å². The van der Waals surface area contributed by atoms with Crippen molar-refractivity contribution in [3.63, 3.8) is 0 Å². The van der Waals surface area contributed by atoms with E-state index >= 15 is 0 Å². The zero-order valence-electron chi connectivity index (χ0n) is 11.3. The average Bonchev–Trinajstić information content (AvgIpc) is 2.34. The van der Waals surface area contributed by atoms with Gasteiger partial charge in [0, 0.05) is 25.2 Å². The summed E-state index contributed by atoms with van der Waals surface area (Å²) < 4.78 is 0. The van der Waals surface area contributed by atoms with Gasteiger partial charge in [0.15, 0.2) is 0 Å². The highest BCUT2D eigenvalue weighted by atomic mass is 35.5. The average molecular weight is 301 g/mol. The molecule has 1 aliphatic heterocycles. The lowest BCUT2D eigenvalue weighted by atomic mass is 10.1. The Morgan fingerprint density at radius 1 is 1.45 bits per heavy atom. The number of nitrogens with one attached hydrogen (secondary N) is 1. The summed E-state index contributed by atoms with van der Waals surface area (Å²) in [7, 11) is 3.92. The van der Waals surface area contributed by atoms with E-state index in [1.807, 2.05) is 23.9 Å². The Morgan fingerprint density at radius 3 is 2.75 bits per heavy atom. The second kappa shape index (κ2) is 6.53. The summed E-state index contributed by atoms with van der Waals surface area (Å²) >= 11 is 0. The topological polar surface area (TPSA) is 78.7 Å². The molecule has 0 fully saturated rings. The third kappa shape index (κ3) is 3.58. The molecule has 1 amide bonds. The molecule has 20 heavy (non-hydrogen) atoms. The Kier molecular flexibility index (Phi) is 5.29. The highest BCUT2D eigenvalue weighted by Crippen LogP contribution is 2.32. The molecule has 8 heteroatoms. The molecule has 7 nitrogen and oxygen atoms in total. The number of nitro groups is 1. The number of rotatable bonds is 4. The van der Waals surface area contributed by atoms with Gasteiger partial charge in [0.05, 0.1) is 22.8 Å². The third-order valence-electron chi connectivity index (χ3n) is 2.96. The number of carbonyl (C=O) groups is 1. The second-order valence-corrected chi connectivity index (χ2v) is 4.73. The summed E-state index contributed by atoms with van der Waals surface area (Å²) in [5.41, 5.74) is 1.31. The van der Waals surface area contributed by atoms with Crippen LogP contribution in [0.15, 0.2) is 18.2 Å². The molecule has 0 spiro atoms. The quantitative estimate of drug-likeness (QED) is 0.670. The van der Waals surface area contributed by atoms with Gasteiger partial charge in [0.2, 0.25) is 5.91 Å². The first kappa shape index (κ1) is 16.2. The van der Waals surface area contributed by atoms with E-state index in [0.29, 0.717) is 12.2 Å². The predicted octanol–water partition coefficient (Wildman–Crippen LogP) is 1.34. The lowest BCUT2D eigenvalue weighted by Gasteiger charge is -2.31. The molecule has 0 radical (unpaired) electrons. The fourth-order valence-corrected chi connectivity index (χ4v) is 1.98. The molecule has 110 valence electrons. The lowest BCUT2D eigenvalue weighted by molar-refractivity contribution is -0.384. The molecular formula is C12H17ClN4O3. The van der Waals surface area contributed by atoms with Crippen molar-refractivity contribution < 1.29 is 9.72 Å². The van der Waals surface area contributed by atoms with Crippen molar-refractivity contribution in [1.29, 1.82) is 0 Å². The van der Waals surface area contributed by atoms with Crippen LogP contribution in [0.5, 0.6) is 0 Å². The zero-order valence-corrected chi connectivity index (χ0v) is 12.1. The van der Waals surface area contributed by atoms with Gasteiger partial charge in [-0.3, -0.25) is 14.9 Å². The molecule has 0 saturated heterocycles. The van der Waals surface area contributed by atoms with Crippen LogP contribution >= 0.6 is 12.4 Å². The summed E-state index contributed by atoms with van der Waals surface area (Å²) in [5, 5.41) is 13.4. The minimum absolute atomic E-state index is 0. The van der Waals surface area contributed by atoms with Gasteiger partial charge in [-0.05, 0) is 20.2 Å². The number of nitrogens with zero attached hydrogens (tertiary/aromatic N) is 3. The van der Waals surface area contributed by atoms with Crippen LogP contribution in [0.25, 0.3) is 0 Å². The molecule has 1 N–H and O–H groups in total. The van der Waals surface area contributed by atoms with Crippen LogP contribution in [0.4, 0.5) is 17.1 Å². The first-order chi connectivity index (χ1) is 8.97. The Bertz CT molecular complexity index is 521. The van der Waals surface area contributed by atoms with Crippen molar-refractivity contribution in [2.24, 2.45) is 0 Å². The van der Waals surface area contributed by atoms with E-state index in [9.17, 15) is 14.9 Å². The number of hydrogen-bond acceptors (Lipinski definition) is 5. The van der Waals surface area contributed by atoms with Crippen molar-refractivity contribution >= 4 is 35.4 Å². The molecule has 0 aliphatic carbocycles. The van der Waals surface area contributed by atoms with Crippen LogP contribution in [-0.4, -0.2) is 49.5 Å². The molecule has 0 unspecified atom stereocenters. The van der Waals surface area contributed by atoms with Crippen molar-refractivity contribution in [2.75, 3.05) is 43.9 Å². The maximum atomic E-state index is 11.6. The van der Waals surface area contributed by atoms with Gasteiger partial charge in [0.25, 0.3) is 5.69 Å². The van der Waals surface area contributed by atoms with Crippen LogP contribution in [-0.2, 0) is 4.79 Å². The van der Waals surface area contributed by atoms with Crippen LogP contribution in [0.1, 0.15) is 0 Å². The predicted molar refractivity (Wildman–Crippen MR) is 79.7 cm³/mol. The van der Waals surface area contributed by atoms with Crippen molar-refractivity contribution in [1.82, 2.24) is 4.90 Å². The van der Waals surface area contributed by atoms with E-state index in [1.54, 1.807) is 6.07 Å². The normalized spacial score (nSPS) is 13.6. The minimum atomic E-state index is -0.467. The van der Waals surface area contributed by atoms with Crippen LogP contribution in [0.3, 0.4) is 0 Å². The molecule has 1 aromatic rings. The lowest BCUT2D eigenvalue weighted by Crippen LogP contribution is -2.41. The summed E-state index contributed by atoms with van der Waals surface area (Å²) in [6.45, 7) is 1.79. The molecule has 2 rings (SSSR count). The Labute approximate surface area is 123 Å². The van der Waals surface area contributed by atoms with Crippen LogP contribution in [0, 0.1) is 10.1 Å². The van der Waals surface area contributed by atoms with Crippen LogP contribution in [0.2, 0.25) is 0 Å². The summed E-state index contributed by atoms with van der Waals surface area (Å²) in [6.07, 6.45) is 0. The fourth-order valence-electron chi connectivity index (χ4n) is 1.98. The first-order valence-electron chi connectivity index (χ1n) is 5.95. The van der Waals surface area contributed by atoms with Gasteiger partial charge in [-0.1, -0.05) is 0 Å². The van der Waals surface area contributed by atoms with E-state index < -0.39 is 4.92 Å². The van der Waals surface area contributed by atoms with Gasteiger partial charge in [-0.15, -0.1) is 12.4 Å². The summed E-state index contributed by atoms with van der Waals surface area (Å²) in [6, 6.07) is 4.54. The van der Waals surface area contributed by atoms with Gasteiger partial charge in [-0.2, -0.15) is 0 Å². The third-order valence-corrected chi connectivity index (χ3v) is 2.96. The smallest absolute Gasteiger partial charge is 0.271 e. The van der Waals surface area contributed by atoms with E-state index in [0.717, 1.165) is 12.2 Å². The van der Waals surface area contributed by atoms with E-state index in [2.05, 4.69) is 5.32 Å². The molecule has 1 aliphatic rings. The Hall–Kier alpha value is -1.86. The number of fused-ring (bicyclic) bond motifs is 1. The number of amides is 1. The van der Waals surface area contributed by atoms with E-state index in [1.165, 1.54) is 12.1 Å². The molecule has 0 bridgehead atoms. The van der Waals surface area contributed by atoms with Crippen LogP contribution < -0.4 is 10.2 Å². The number of benzene rings is 1. The summed E-state index contributed by atoms with van der Waals surface area (Å²) in [5.74, 6) is -0.147. The molecule has 0 saturated carbocycles. The number of hydrogen-bond donors (Lipinski definition) is 1. The SMILES string of the molecule is CN(C)CCN1CC(=O)Nc2cc([N+](=O)[O-])ccc21.Cl. The minimum Gasteiger partial charge on any atom is -0.359 e. The number of anilines is 2. The fraction of sp³-hybridized carbons (Fsp3) is 0.417. The van der Waals surface area contributed by atoms with Gasteiger partial charge < -0.3 is 15.1 Å². The molecule has 0 aromatic heterocycles. The standard InChI is InChI=1S/C12H16N4O3.ClH/c1-14(2)5-6-15-8-12(17)13-10-7-9(16(18)19)3-4-11(10)15;/h3-4,7H,5-6,8H2,1-2H3,(H,13,17);1H. The molecule has 1 heterocycles. The highest BCUT2D eigenvalue weighted by Gasteiger charge is 2.23. The zero-order chi connectivity index (χ0) is 14.0. The largest absolute Gasteiger partial charge is 0.359 e.